The number of benzene rings is 2. The highest BCUT2D eigenvalue weighted by Crippen LogP contribution is 2.21. The Labute approximate surface area is 118 Å². The average molecular weight is 345 g/mol. The van der Waals surface area contributed by atoms with Gasteiger partial charge in [0.1, 0.15) is 5.82 Å². The molecule has 19 heavy (non-hydrogen) atoms. The number of halogens is 2. The maximum absolute atomic E-state index is 13.0. The SMILES string of the molecule is Nc1cc(S(=O)(=O)Nc2cccc(Br)c2)ccc1F. The zero-order valence-corrected chi connectivity index (χ0v) is 12.0. The molecule has 0 bridgehead atoms. The molecule has 0 spiro atoms. The van der Waals surface area contributed by atoms with E-state index in [9.17, 15) is 12.8 Å². The summed E-state index contributed by atoms with van der Waals surface area (Å²) in [5, 5.41) is 0. The van der Waals surface area contributed by atoms with Crippen LogP contribution >= 0.6 is 15.9 Å². The summed E-state index contributed by atoms with van der Waals surface area (Å²) in [7, 11) is -3.79. The van der Waals surface area contributed by atoms with Crippen LogP contribution in [0.15, 0.2) is 51.8 Å². The molecule has 4 nitrogen and oxygen atoms in total. The first-order chi connectivity index (χ1) is 8.88. The van der Waals surface area contributed by atoms with Crippen LogP contribution in [-0.2, 0) is 10.0 Å². The predicted octanol–water partition coefficient (Wildman–Crippen LogP) is 2.97. The molecule has 0 heterocycles. The zero-order valence-electron chi connectivity index (χ0n) is 9.60. The van der Waals surface area contributed by atoms with Gasteiger partial charge >= 0.3 is 0 Å². The number of nitrogen functional groups attached to an aromatic ring is 1. The van der Waals surface area contributed by atoms with E-state index in [0.29, 0.717) is 5.69 Å². The van der Waals surface area contributed by atoms with Crippen molar-refractivity contribution in [2.24, 2.45) is 0 Å². The fraction of sp³-hybridized carbons (Fsp3) is 0. The molecule has 0 atom stereocenters. The van der Waals surface area contributed by atoms with Crippen molar-refractivity contribution in [2.75, 3.05) is 10.5 Å². The van der Waals surface area contributed by atoms with E-state index >= 15 is 0 Å². The minimum absolute atomic E-state index is 0.0913. The zero-order chi connectivity index (χ0) is 14.0. The van der Waals surface area contributed by atoms with Crippen LogP contribution in [0.5, 0.6) is 0 Å². The van der Waals surface area contributed by atoms with E-state index in [1.165, 1.54) is 0 Å². The lowest BCUT2D eigenvalue weighted by Crippen LogP contribution is -2.13. The molecule has 100 valence electrons. The van der Waals surface area contributed by atoms with Gasteiger partial charge < -0.3 is 5.73 Å². The number of sulfonamides is 1. The van der Waals surface area contributed by atoms with E-state index in [1.54, 1.807) is 24.3 Å². The number of rotatable bonds is 3. The molecule has 0 saturated heterocycles. The molecule has 7 heteroatoms. The maximum atomic E-state index is 13.0. The van der Waals surface area contributed by atoms with Gasteiger partial charge in [0, 0.05) is 10.2 Å². The molecule has 2 aromatic carbocycles. The Hall–Kier alpha value is -1.60. The third-order valence-electron chi connectivity index (χ3n) is 2.35. The number of nitrogens with two attached hydrogens (primary N) is 1. The van der Waals surface area contributed by atoms with E-state index in [2.05, 4.69) is 20.7 Å². The van der Waals surface area contributed by atoms with Gasteiger partial charge in [-0.1, -0.05) is 22.0 Å². The fourth-order valence-corrected chi connectivity index (χ4v) is 2.94. The molecule has 2 aromatic rings. The van der Waals surface area contributed by atoms with Crippen molar-refractivity contribution >= 4 is 37.3 Å². The summed E-state index contributed by atoms with van der Waals surface area (Å²) in [5.41, 5.74) is 5.55. The Kier molecular flexibility index (Phi) is 3.77. The van der Waals surface area contributed by atoms with Gasteiger partial charge in [-0.25, -0.2) is 12.8 Å². The van der Waals surface area contributed by atoms with E-state index in [-0.39, 0.29) is 10.6 Å². The molecule has 0 saturated carbocycles. The Morgan fingerprint density at radius 3 is 2.53 bits per heavy atom. The van der Waals surface area contributed by atoms with Gasteiger partial charge in [-0.3, -0.25) is 4.72 Å². The predicted molar refractivity (Wildman–Crippen MR) is 75.8 cm³/mol. The van der Waals surface area contributed by atoms with Crippen LogP contribution < -0.4 is 10.5 Å². The minimum atomic E-state index is -3.79. The first-order valence-electron chi connectivity index (χ1n) is 5.22. The fourth-order valence-electron chi connectivity index (χ4n) is 1.46. The first kappa shape index (κ1) is 13.8. The lowest BCUT2D eigenvalue weighted by atomic mass is 10.3. The summed E-state index contributed by atoms with van der Waals surface area (Å²) < 4.78 is 40.3. The standard InChI is InChI=1S/C12H10BrFN2O2S/c13-8-2-1-3-9(6-8)16-19(17,18)10-4-5-11(14)12(15)7-10/h1-7,16H,15H2. The Morgan fingerprint density at radius 2 is 1.89 bits per heavy atom. The molecule has 0 aliphatic rings. The highest BCUT2D eigenvalue weighted by atomic mass is 79.9. The molecule has 0 aliphatic heterocycles. The summed E-state index contributed by atoms with van der Waals surface area (Å²) in [6.07, 6.45) is 0. The van der Waals surface area contributed by atoms with E-state index in [4.69, 9.17) is 5.73 Å². The monoisotopic (exact) mass is 344 g/mol. The van der Waals surface area contributed by atoms with Gasteiger partial charge in [0.2, 0.25) is 0 Å². The molecule has 0 amide bonds. The van der Waals surface area contributed by atoms with E-state index in [1.807, 2.05) is 0 Å². The highest BCUT2D eigenvalue weighted by molar-refractivity contribution is 9.10. The normalized spacial score (nSPS) is 11.3. The van der Waals surface area contributed by atoms with Crippen LogP contribution in [0, 0.1) is 5.82 Å². The largest absolute Gasteiger partial charge is 0.396 e. The van der Waals surface area contributed by atoms with Crippen molar-refractivity contribution in [3.8, 4) is 0 Å². The molecule has 0 radical (unpaired) electrons. The molecule has 0 unspecified atom stereocenters. The average Bonchev–Trinajstić information content (AvgIpc) is 2.32. The highest BCUT2D eigenvalue weighted by Gasteiger charge is 2.15. The molecule has 2 rings (SSSR count). The summed E-state index contributed by atoms with van der Waals surface area (Å²) in [6.45, 7) is 0. The van der Waals surface area contributed by atoms with Crippen molar-refractivity contribution in [2.45, 2.75) is 4.90 Å². The van der Waals surface area contributed by atoms with Crippen LogP contribution in [0.3, 0.4) is 0 Å². The topological polar surface area (TPSA) is 72.2 Å². The number of hydrogen-bond donors (Lipinski definition) is 2. The van der Waals surface area contributed by atoms with Gasteiger partial charge in [0.15, 0.2) is 0 Å². The number of hydrogen-bond acceptors (Lipinski definition) is 3. The first-order valence-corrected chi connectivity index (χ1v) is 7.49. The lowest BCUT2D eigenvalue weighted by Gasteiger charge is -2.09. The van der Waals surface area contributed by atoms with Crippen LogP contribution in [0.4, 0.5) is 15.8 Å². The minimum Gasteiger partial charge on any atom is -0.396 e. The third kappa shape index (κ3) is 3.24. The van der Waals surface area contributed by atoms with Crippen molar-refractivity contribution in [1.82, 2.24) is 0 Å². The molecular weight excluding hydrogens is 335 g/mol. The number of nitrogens with one attached hydrogen (secondary N) is 1. The van der Waals surface area contributed by atoms with Gasteiger partial charge in [0.25, 0.3) is 10.0 Å². The van der Waals surface area contributed by atoms with Gasteiger partial charge in [-0.2, -0.15) is 0 Å². The Morgan fingerprint density at radius 1 is 1.16 bits per heavy atom. The van der Waals surface area contributed by atoms with E-state index in [0.717, 1.165) is 22.7 Å². The number of anilines is 2. The summed E-state index contributed by atoms with van der Waals surface area (Å²) in [5.74, 6) is -0.651. The molecular formula is C12H10BrFN2O2S. The lowest BCUT2D eigenvalue weighted by molar-refractivity contribution is 0.600. The molecule has 3 N–H and O–H groups in total. The van der Waals surface area contributed by atoms with Crippen molar-refractivity contribution in [3.63, 3.8) is 0 Å². The Bertz CT molecular complexity index is 719. The maximum Gasteiger partial charge on any atom is 0.261 e. The smallest absolute Gasteiger partial charge is 0.261 e. The molecule has 0 fully saturated rings. The van der Waals surface area contributed by atoms with Gasteiger partial charge in [-0.05, 0) is 36.4 Å². The van der Waals surface area contributed by atoms with Gasteiger partial charge in [0.05, 0.1) is 10.6 Å². The van der Waals surface area contributed by atoms with Crippen molar-refractivity contribution in [3.05, 3.63) is 52.8 Å². The van der Waals surface area contributed by atoms with Gasteiger partial charge in [-0.15, -0.1) is 0 Å². The molecule has 0 aliphatic carbocycles. The van der Waals surface area contributed by atoms with Crippen molar-refractivity contribution < 1.29 is 12.8 Å². The van der Waals surface area contributed by atoms with Crippen LogP contribution in [0.2, 0.25) is 0 Å². The third-order valence-corrected chi connectivity index (χ3v) is 4.23. The van der Waals surface area contributed by atoms with Crippen molar-refractivity contribution in [1.29, 1.82) is 0 Å². The van der Waals surface area contributed by atoms with E-state index < -0.39 is 15.8 Å². The second-order valence-electron chi connectivity index (χ2n) is 3.80. The van der Waals surface area contributed by atoms with Crippen LogP contribution in [0.1, 0.15) is 0 Å². The second-order valence-corrected chi connectivity index (χ2v) is 6.40. The summed E-state index contributed by atoms with van der Waals surface area (Å²) >= 11 is 3.24. The summed E-state index contributed by atoms with van der Waals surface area (Å²) in [4.78, 5) is -0.0913. The van der Waals surface area contributed by atoms with Crippen LogP contribution in [0.25, 0.3) is 0 Å². The Balaban J connectivity index is 2.35. The second kappa shape index (κ2) is 5.18. The summed E-state index contributed by atoms with van der Waals surface area (Å²) in [6, 6.07) is 9.95. The quantitative estimate of drug-likeness (QED) is 0.840. The van der Waals surface area contributed by atoms with Crippen LogP contribution in [-0.4, -0.2) is 8.42 Å². The molecule has 0 aromatic heterocycles.